The summed E-state index contributed by atoms with van der Waals surface area (Å²) in [5.74, 6) is 0. The molecular weight excluding hydrogens is 178 g/mol. The van der Waals surface area contributed by atoms with Gasteiger partial charge in [-0.3, -0.25) is 0 Å². The zero-order valence-electron chi connectivity index (χ0n) is 8.80. The van der Waals surface area contributed by atoms with Gasteiger partial charge in [0.25, 0.3) is 0 Å². The van der Waals surface area contributed by atoms with Gasteiger partial charge in [0.15, 0.2) is 0 Å². The average Bonchev–Trinajstić information content (AvgIpc) is 2.52. The first-order valence-electron chi connectivity index (χ1n) is 5.77. The molecule has 3 heteroatoms. The van der Waals surface area contributed by atoms with E-state index in [0.717, 1.165) is 38.6 Å². The van der Waals surface area contributed by atoms with Crippen LogP contribution >= 0.6 is 0 Å². The summed E-state index contributed by atoms with van der Waals surface area (Å²) < 4.78 is 5.45. The van der Waals surface area contributed by atoms with Crippen LogP contribution in [0.2, 0.25) is 0 Å². The molecule has 0 spiro atoms. The van der Waals surface area contributed by atoms with Gasteiger partial charge in [-0.15, -0.1) is 0 Å². The lowest BCUT2D eigenvalue weighted by Crippen LogP contribution is -2.43. The second-order valence-electron chi connectivity index (χ2n) is 4.78. The van der Waals surface area contributed by atoms with Crippen LogP contribution in [0.4, 0.5) is 0 Å². The number of rotatable bonds is 5. The normalized spacial score (nSPS) is 33.2. The largest absolute Gasteiger partial charge is 0.396 e. The maximum absolute atomic E-state index is 9.04. The van der Waals surface area contributed by atoms with E-state index in [-0.39, 0.29) is 12.0 Å². The fraction of sp³-hybridized carbons (Fsp3) is 1.00. The summed E-state index contributed by atoms with van der Waals surface area (Å²) in [6.45, 7) is 3.01. The summed E-state index contributed by atoms with van der Waals surface area (Å²) in [6.07, 6.45) is 6.02. The summed E-state index contributed by atoms with van der Waals surface area (Å²) in [5.41, 5.74) is 0.227. The SMILES string of the molecule is OCCC1(CNC2CCC2)CCOC1. The predicted molar refractivity (Wildman–Crippen MR) is 55.2 cm³/mol. The number of ether oxygens (including phenoxy) is 1. The van der Waals surface area contributed by atoms with Crippen molar-refractivity contribution in [2.24, 2.45) is 5.41 Å². The standard InChI is InChI=1S/C11H21NO2/c13-6-4-11(5-7-14-9-11)8-12-10-2-1-3-10/h10,12-13H,1-9H2. The van der Waals surface area contributed by atoms with E-state index in [2.05, 4.69) is 5.32 Å². The Labute approximate surface area is 85.8 Å². The molecule has 2 N–H and O–H groups in total. The van der Waals surface area contributed by atoms with E-state index >= 15 is 0 Å². The number of aliphatic hydroxyl groups excluding tert-OH is 1. The molecule has 1 unspecified atom stereocenters. The van der Waals surface area contributed by atoms with Gasteiger partial charge < -0.3 is 15.2 Å². The summed E-state index contributed by atoms with van der Waals surface area (Å²) in [7, 11) is 0. The molecule has 0 aromatic rings. The van der Waals surface area contributed by atoms with Gasteiger partial charge in [-0.05, 0) is 25.7 Å². The fourth-order valence-corrected chi connectivity index (χ4v) is 2.28. The van der Waals surface area contributed by atoms with Crippen LogP contribution in [0.15, 0.2) is 0 Å². The summed E-state index contributed by atoms with van der Waals surface area (Å²) in [5, 5.41) is 12.6. The van der Waals surface area contributed by atoms with Crippen LogP contribution in [-0.2, 0) is 4.74 Å². The molecule has 1 heterocycles. The lowest BCUT2D eigenvalue weighted by Gasteiger charge is -2.33. The maximum atomic E-state index is 9.04. The third-order valence-corrected chi connectivity index (χ3v) is 3.70. The van der Waals surface area contributed by atoms with E-state index in [9.17, 15) is 0 Å². The van der Waals surface area contributed by atoms with Crippen LogP contribution in [0.25, 0.3) is 0 Å². The van der Waals surface area contributed by atoms with E-state index in [0.29, 0.717) is 0 Å². The highest BCUT2D eigenvalue weighted by molar-refractivity contribution is 4.88. The van der Waals surface area contributed by atoms with Crippen molar-refractivity contribution >= 4 is 0 Å². The zero-order valence-corrected chi connectivity index (χ0v) is 8.80. The average molecular weight is 199 g/mol. The number of aliphatic hydroxyl groups is 1. The molecule has 0 aromatic heterocycles. The molecule has 1 saturated carbocycles. The minimum Gasteiger partial charge on any atom is -0.396 e. The van der Waals surface area contributed by atoms with Crippen molar-refractivity contribution < 1.29 is 9.84 Å². The van der Waals surface area contributed by atoms with Crippen molar-refractivity contribution in [1.29, 1.82) is 0 Å². The monoisotopic (exact) mass is 199 g/mol. The minimum atomic E-state index is 0.227. The van der Waals surface area contributed by atoms with Crippen LogP contribution < -0.4 is 5.32 Å². The van der Waals surface area contributed by atoms with Crippen LogP contribution in [-0.4, -0.2) is 37.5 Å². The van der Waals surface area contributed by atoms with Gasteiger partial charge in [0.05, 0.1) is 6.61 Å². The summed E-state index contributed by atoms with van der Waals surface area (Å²) in [4.78, 5) is 0. The van der Waals surface area contributed by atoms with Crippen molar-refractivity contribution in [3.05, 3.63) is 0 Å². The van der Waals surface area contributed by atoms with Gasteiger partial charge >= 0.3 is 0 Å². The fourth-order valence-electron chi connectivity index (χ4n) is 2.28. The molecule has 0 radical (unpaired) electrons. The molecule has 3 nitrogen and oxygen atoms in total. The molecule has 1 saturated heterocycles. The number of hydrogen-bond acceptors (Lipinski definition) is 3. The Hall–Kier alpha value is -0.120. The van der Waals surface area contributed by atoms with Crippen molar-refractivity contribution in [3.8, 4) is 0 Å². The van der Waals surface area contributed by atoms with Gasteiger partial charge in [-0.1, -0.05) is 6.42 Å². The zero-order chi connectivity index (χ0) is 9.86. The Morgan fingerprint density at radius 1 is 1.43 bits per heavy atom. The van der Waals surface area contributed by atoms with Gasteiger partial charge in [0, 0.05) is 31.2 Å². The second-order valence-corrected chi connectivity index (χ2v) is 4.78. The van der Waals surface area contributed by atoms with E-state index in [1.54, 1.807) is 0 Å². The second kappa shape index (κ2) is 4.60. The summed E-state index contributed by atoms with van der Waals surface area (Å²) >= 11 is 0. The van der Waals surface area contributed by atoms with Gasteiger partial charge in [-0.25, -0.2) is 0 Å². The Kier molecular flexibility index (Phi) is 3.42. The van der Waals surface area contributed by atoms with Crippen molar-refractivity contribution in [1.82, 2.24) is 5.32 Å². The molecule has 2 fully saturated rings. The number of nitrogens with one attached hydrogen (secondary N) is 1. The van der Waals surface area contributed by atoms with Gasteiger partial charge in [-0.2, -0.15) is 0 Å². The molecule has 0 bridgehead atoms. The molecule has 14 heavy (non-hydrogen) atoms. The number of hydrogen-bond donors (Lipinski definition) is 2. The van der Waals surface area contributed by atoms with E-state index in [1.807, 2.05) is 0 Å². The molecule has 0 amide bonds. The lowest BCUT2D eigenvalue weighted by molar-refractivity contribution is 0.118. The van der Waals surface area contributed by atoms with Crippen molar-refractivity contribution in [3.63, 3.8) is 0 Å². The maximum Gasteiger partial charge on any atom is 0.0536 e. The highest BCUT2D eigenvalue weighted by Gasteiger charge is 2.35. The lowest BCUT2D eigenvalue weighted by atomic mass is 9.82. The van der Waals surface area contributed by atoms with Crippen LogP contribution in [0.1, 0.15) is 32.1 Å². The van der Waals surface area contributed by atoms with Crippen LogP contribution in [0.3, 0.4) is 0 Å². The van der Waals surface area contributed by atoms with E-state index in [1.165, 1.54) is 19.3 Å². The minimum absolute atomic E-state index is 0.227. The Balaban J connectivity index is 1.77. The molecule has 1 aliphatic heterocycles. The Morgan fingerprint density at radius 2 is 2.29 bits per heavy atom. The Bertz CT molecular complexity index is 174. The first kappa shape index (κ1) is 10.4. The highest BCUT2D eigenvalue weighted by atomic mass is 16.5. The van der Waals surface area contributed by atoms with Crippen LogP contribution in [0, 0.1) is 5.41 Å². The predicted octanol–water partition coefficient (Wildman–Crippen LogP) is 0.918. The van der Waals surface area contributed by atoms with Crippen molar-refractivity contribution in [2.45, 2.75) is 38.1 Å². The molecule has 0 aromatic carbocycles. The molecule has 1 aliphatic carbocycles. The highest BCUT2D eigenvalue weighted by Crippen LogP contribution is 2.32. The first-order chi connectivity index (χ1) is 6.85. The third-order valence-electron chi connectivity index (χ3n) is 3.70. The molecule has 2 aliphatic rings. The van der Waals surface area contributed by atoms with Gasteiger partial charge in [0.2, 0.25) is 0 Å². The Morgan fingerprint density at radius 3 is 2.79 bits per heavy atom. The molecule has 2 rings (SSSR count). The molecule has 1 atom stereocenters. The first-order valence-corrected chi connectivity index (χ1v) is 5.77. The van der Waals surface area contributed by atoms with E-state index in [4.69, 9.17) is 9.84 Å². The third kappa shape index (κ3) is 2.27. The smallest absolute Gasteiger partial charge is 0.0536 e. The topological polar surface area (TPSA) is 41.5 Å². The molecular formula is C11H21NO2. The quantitative estimate of drug-likeness (QED) is 0.692. The summed E-state index contributed by atoms with van der Waals surface area (Å²) in [6, 6.07) is 0.742. The van der Waals surface area contributed by atoms with Crippen LogP contribution in [0.5, 0.6) is 0 Å². The van der Waals surface area contributed by atoms with Crippen molar-refractivity contribution in [2.75, 3.05) is 26.4 Å². The van der Waals surface area contributed by atoms with E-state index < -0.39 is 0 Å². The van der Waals surface area contributed by atoms with Gasteiger partial charge in [0.1, 0.15) is 0 Å². The molecule has 82 valence electrons.